The summed E-state index contributed by atoms with van der Waals surface area (Å²) in [4.78, 5) is 11.5. The molecule has 0 amide bonds. The molecular weight excluding hydrogens is 348 g/mol. The van der Waals surface area contributed by atoms with E-state index in [2.05, 4.69) is 11.7 Å². The third-order valence-corrected chi connectivity index (χ3v) is 4.82. The number of ether oxygens (including phenoxy) is 1. The Balaban J connectivity index is 3.45. The van der Waals surface area contributed by atoms with Gasteiger partial charge in [0.2, 0.25) is 0 Å². The van der Waals surface area contributed by atoms with Crippen LogP contribution in [0.2, 0.25) is 0 Å². The molecule has 0 heterocycles. The Labute approximate surface area is 164 Å². The maximum Gasteiger partial charge on any atom is 0.366 e. The lowest BCUT2D eigenvalue weighted by Crippen LogP contribution is -2.41. The van der Waals surface area contributed by atoms with Gasteiger partial charge < -0.3 is 25.2 Å². The van der Waals surface area contributed by atoms with Crippen molar-refractivity contribution in [3.05, 3.63) is 0 Å². The van der Waals surface area contributed by atoms with Crippen molar-refractivity contribution >= 4 is 5.97 Å². The molecule has 6 nitrogen and oxygen atoms in total. The number of carbonyl (C=O) groups is 1. The quantitative estimate of drug-likeness (QED) is 0.153. The van der Waals surface area contributed by atoms with E-state index in [0.29, 0.717) is 6.42 Å². The first-order valence-corrected chi connectivity index (χ1v) is 10.8. The number of hydrogen-bond acceptors (Lipinski definition) is 6. The Bertz CT molecular complexity index is 346. The van der Waals surface area contributed by atoms with E-state index in [0.717, 1.165) is 19.3 Å². The summed E-state index contributed by atoms with van der Waals surface area (Å²) < 4.78 is 4.58. The first-order valence-electron chi connectivity index (χ1n) is 10.8. The van der Waals surface area contributed by atoms with Crippen molar-refractivity contribution in [2.75, 3.05) is 13.2 Å². The summed E-state index contributed by atoms with van der Waals surface area (Å²) in [7, 11) is 0. The molecule has 0 fully saturated rings. The van der Waals surface area contributed by atoms with E-state index >= 15 is 0 Å². The van der Waals surface area contributed by atoms with Crippen LogP contribution in [0.15, 0.2) is 0 Å². The van der Waals surface area contributed by atoms with Gasteiger partial charge in [0.25, 0.3) is 5.79 Å². The van der Waals surface area contributed by atoms with E-state index in [1.807, 2.05) is 0 Å². The van der Waals surface area contributed by atoms with Crippen LogP contribution in [0, 0.1) is 0 Å². The van der Waals surface area contributed by atoms with Crippen molar-refractivity contribution in [1.29, 1.82) is 0 Å². The Morgan fingerprint density at radius 1 is 0.815 bits per heavy atom. The van der Waals surface area contributed by atoms with E-state index in [9.17, 15) is 15.0 Å². The average Bonchev–Trinajstić information content (AvgIpc) is 2.65. The van der Waals surface area contributed by atoms with E-state index in [4.69, 9.17) is 10.2 Å². The summed E-state index contributed by atoms with van der Waals surface area (Å²) in [6.45, 7) is 1.25. The summed E-state index contributed by atoms with van der Waals surface area (Å²) in [6.07, 6.45) is 15.5. The number of unbranched alkanes of at least 4 members (excludes halogenated alkanes) is 13. The van der Waals surface area contributed by atoms with E-state index in [1.165, 1.54) is 64.2 Å². The molecule has 0 aromatic heterocycles. The number of esters is 1. The standard InChI is InChI=1S/C21H42O6/c1-2-3-4-5-6-7-8-9-10-11-12-13-14-15-16-21(25,26)20(24)27-18-19(23)17-22/h19,22-23,25-26H,2-18H2,1H3. The molecule has 0 radical (unpaired) electrons. The Morgan fingerprint density at radius 2 is 1.22 bits per heavy atom. The highest BCUT2D eigenvalue weighted by Gasteiger charge is 2.34. The van der Waals surface area contributed by atoms with Gasteiger partial charge in [-0.2, -0.15) is 0 Å². The molecule has 0 aromatic rings. The van der Waals surface area contributed by atoms with Gasteiger partial charge in [-0.1, -0.05) is 90.4 Å². The summed E-state index contributed by atoms with van der Waals surface area (Å²) in [5.41, 5.74) is 0. The van der Waals surface area contributed by atoms with Crippen molar-refractivity contribution in [1.82, 2.24) is 0 Å². The predicted octanol–water partition coefficient (Wildman–Crippen LogP) is 3.44. The molecule has 27 heavy (non-hydrogen) atoms. The molecule has 162 valence electrons. The highest BCUT2D eigenvalue weighted by Crippen LogP contribution is 2.17. The van der Waals surface area contributed by atoms with Gasteiger partial charge in [0.1, 0.15) is 12.7 Å². The number of aliphatic hydroxyl groups excluding tert-OH is 2. The molecule has 6 heteroatoms. The van der Waals surface area contributed by atoms with E-state index in [-0.39, 0.29) is 6.42 Å². The zero-order chi connectivity index (χ0) is 20.4. The van der Waals surface area contributed by atoms with Gasteiger partial charge in [0.15, 0.2) is 0 Å². The molecule has 0 spiro atoms. The van der Waals surface area contributed by atoms with Crippen LogP contribution in [-0.2, 0) is 9.53 Å². The van der Waals surface area contributed by atoms with Crippen LogP contribution in [-0.4, -0.2) is 51.5 Å². The topological polar surface area (TPSA) is 107 Å². The molecule has 0 saturated heterocycles. The number of aliphatic hydroxyl groups is 4. The van der Waals surface area contributed by atoms with Crippen LogP contribution >= 0.6 is 0 Å². The Kier molecular flexibility index (Phi) is 17.0. The molecule has 0 bridgehead atoms. The van der Waals surface area contributed by atoms with Gasteiger partial charge in [-0.15, -0.1) is 0 Å². The van der Waals surface area contributed by atoms with Crippen molar-refractivity contribution in [2.24, 2.45) is 0 Å². The molecule has 0 aliphatic carbocycles. The lowest BCUT2D eigenvalue weighted by molar-refractivity contribution is -0.214. The second kappa shape index (κ2) is 17.4. The first-order chi connectivity index (χ1) is 12.9. The van der Waals surface area contributed by atoms with Crippen LogP contribution in [0.1, 0.15) is 103 Å². The maximum atomic E-state index is 11.5. The lowest BCUT2D eigenvalue weighted by atomic mass is 10.0. The molecule has 0 rings (SSSR count). The molecule has 0 aliphatic rings. The van der Waals surface area contributed by atoms with Gasteiger partial charge in [0, 0.05) is 6.42 Å². The van der Waals surface area contributed by atoms with Crippen LogP contribution in [0.4, 0.5) is 0 Å². The fourth-order valence-electron chi connectivity index (χ4n) is 3.01. The largest absolute Gasteiger partial charge is 0.459 e. The van der Waals surface area contributed by atoms with Gasteiger partial charge in [-0.25, -0.2) is 4.79 Å². The summed E-state index contributed by atoms with van der Waals surface area (Å²) in [5.74, 6) is -3.70. The smallest absolute Gasteiger partial charge is 0.366 e. The monoisotopic (exact) mass is 390 g/mol. The predicted molar refractivity (Wildman–Crippen MR) is 106 cm³/mol. The minimum Gasteiger partial charge on any atom is -0.459 e. The van der Waals surface area contributed by atoms with Crippen LogP contribution in [0.25, 0.3) is 0 Å². The second-order valence-electron chi connectivity index (χ2n) is 7.60. The van der Waals surface area contributed by atoms with Crippen molar-refractivity contribution in [3.63, 3.8) is 0 Å². The minimum absolute atomic E-state index is 0.0842. The third kappa shape index (κ3) is 16.0. The molecule has 0 aliphatic heterocycles. The third-order valence-electron chi connectivity index (χ3n) is 4.82. The first kappa shape index (κ1) is 26.3. The van der Waals surface area contributed by atoms with E-state index in [1.54, 1.807) is 0 Å². The Morgan fingerprint density at radius 3 is 1.63 bits per heavy atom. The van der Waals surface area contributed by atoms with Gasteiger partial charge in [-0.3, -0.25) is 0 Å². The fraction of sp³-hybridized carbons (Fsp3) is 0.952. The van der Waals surface area contributed by atoms with Crippen molar-refractivity contribution in [3.8, 4) is 0 Å². The molecule has 1 unspecified atom stereocenters. The summed E-state index contributed by atoms with van der Waals surface area (Å²) in [5, 5.41) is 37.1. The van der Waals surface area contributed by atoms with Crippen molar-refractivity contribution in [2.45, 2.75) is 115 Å². The SMILES string of the molecule is CCCCCCCCCCCCCCCCC(O)(O)C(=O)OCC(O)CO. The maximum absolute atomic E-state index is 11.5. The van der Waals surface area contributed by atoms with Crippen LogP contribution in [0.3, 0.4) is 0 Å². The van der Waals surface area contributed by atoms with Crippen molar-refractivity contribution < 1.29 is 30.0 Å². The highest BCUT2D eigenvalue weighted by atomic mass is 16.6. The second-order valence-corrected chi connectivity index (χ2v) is 7.60. The lowest BCUT2D eigenvalue weighted by Gasteiger charge is -2.20. The van der Waals surface area contributed by atoms with E-state index < -0.39 is 31.1 Å². The van der Waals surface area contributed by atoms with Crippen LogP contribution < -0.4 is 0 Å². The minimum atomic E-state index is -2.52. The summed E-state index contributed by atoms with van der Waals surface area (Å²) >= 11 is 0. The molecule has 0 aromatic carbocycles. The summed E-state index contributed by atoms with van der Waals surface area (Å²) in [6, 6.07) is 0. The van der Waals surface area contributed by atoms with Crippen LogP contribution in [0.5, 0.6) is 0 Å². The number of hydrogen-bond donors (Lipinski definition) is 4. The molecule has 0 saturated carbocycles. The Hall–Kier alpha value is -0.690. The normalized spacial score (nSPS) is 12.9. The molecular formula is C21H42O6. The number of carbonyl (C=O) groups excluding carboxylic acids is 1. The van der Waals surface area contributed by atoms with Gasteiger partial charge in [-0.05, 0) is 6.42 Å². The number of rotatable bonds is 19. The molecule has 1 atom stereocenters. The van der Waals surface area contributed by atoms with Gasteiger partial charge >= 0.3 is 5.97 Å². The fourth-order valence-corrected chi connectivity index (χ4v) is 3.01. The highest BCUT2D eigenvalue weighted by molar-refractivity contribution is 5.77. The molecule has 4 N–H and O–H groups in total. The zero-order valence-electron chi connectivity index (χ0n) is 17.2. The average molecular weight is 391 g/mol. The zero-order valence-corrected chi connectivity index (χ0v) is 17.2. The van der Waals surface area contributed by atoms with Gasteiger partial charge in [0.05, 0.1) is 6.61 Å².